The average molecular weight is 183 g/mol. The fourth-order valence-electron chi connectivity index (χ4n) is 1.09. The molecule has 0 fully saturated rings. The fraction of sp³-hybridized carbons (Fsp3) is 0.500. The Kier molecular flexibility index (Phi) is 2.47. The molecule has 0 aliphatic heterocycles. The van der Waals surface area contributed by atoms with Crippen molar-refractivity contribution in [3.63, 3.8) is 0 Å². The van der Waals surface area contributed by atoms with Crippen molar-refractivity contribution in [2.75, 3.05) is 0 Å². The summed E-state index contributed by atoms with van der Waals surface area (Å²) in [4.78, 5) is 0.473. The van der Waals surface area contributed by atoms with Crippen LogP contribution >= 0.6 is 12.2 Å². The summed E-state index contributed by atoms with van der Waals surface area (Å²) >= 11 is 4.81. The molecule has 0 bridgehead atoms. The first-order valence-electron chi connectivity index (χ1n) is 3.81. The van der Waals surface area contributed by atoms with E-state index < -0.39 is 0 Å². The number of hydrogen-bond donors (Lipinski definition) is 1. The molecule has 0 aliphatic carbocycles. The zero-order valence-electron chi connectivity index (χ0n) is 7.59. The molecule has 1 aromatic heterocycles. The van der Waals surface area contributed by atoms with Crippen LogP contribution in [0.15, 0.2) is 0 Å². The topological polar surface area (TPSA) is 43.8 Å². The number of thiocarbonyl (C=S) groups is 1. The predicted molar refractivity (Wildman–Crippen MR) is 53.2 cm³/mol. The Labute approximate surface area is 77.6 Å². The minimum atomic E-state index is 0.473. The lowest BCUT2D eigenvalue weighted by atomic mass is 10.2. The van der Waals surface area contributed by atoms with Crippen molar-refractivity contribution in [3.05, 3.63) is 17.0 Å². The van der Waals surface area contributed by atoms with Crippen molar-refractivity contribution in [1.29, 1.82) is 0 Å². The Morgan fingerprint density at radius 2 is 2.08 bits per heavy atom. The molecule has 1 heterocycles. The standard InChI is InChI=1S/C8H13N3S/c1-5-6(2)10-11(7(5)3)4-8(9)12/h4H2,1-3H3,(H2,9,12). The fourth-order valence-corrected chi connectivity index (χ4v) is 1.21. The first-order valence-corrected chi connectivity index (χ1v) is 4.22. The average Bonchev–Trinajstić information content (AvgIpc) is 2.17. The van der Waals surface area contributed by atoms with Gasteiger partial charge in [-0.05, 0) is 26.3 Å². The lowest BCUT2D eigenvalue weighted by Crippen LogP contribution is -2.18. The van der Waals surface area contributed by atoms with E-state index in [-0.39, 0.29) is 0 Å². The Balaban J connectivity index is 3.01. The number of nitrogens with two attached hydrogens (primary N) is 1. The second-order valence-corrected chi connectivity index (χ2v) is 3.44. The lowest BCUT2D eigenvalue weighted by molar-refractivity contribution is 0.693. The largest absolute Gasteiger partial charge is 0.392 e. The first-order chi connectivity index (χ1) is 5.52. The SMILES string of the molecule is Cc1nn(CC(N)=S)c(C)c1C. The highest BCUT2D eigenvalue weighted by molar-refractivity contribution is 7.80. The van der Waals surface area contributed by atoms with Gasteiger partial charge < -0.3 is 5.73 Å². The predicted octanol–water partition coefficient (Wildman–Crippen LogP) is 1.09. The summed E-state index contributed by atoms with van der Waals surface area (Å²) in [6.07, 6.45) is 0. The maximum absolute atomic E-state index is 5.42. The van der Waals surface area contributed by atoms with Gasteiger partial charge in [-0.3, -0.25) is 4.68 Å². The van der Waals surface area contributed by atoms with Gasteiger partial charge in [0.15, 0.2) is 0 Å². The van der Waals surface area contributed by atoms with E-state index in [0.717, 1.165) is 11.4 Å². The van der Waals surface area contributed by atoms with Gasteiger partial charge in [0.25, 0.3) is 0 Å². The summed E-state index contributed by atoms with van der Waals surface area (Å²) in [6.45, 7) is 6.59. The summed E-state index contributed by atoms with van der Waals surface area (Å²) in [6, 6.07) is 0. The molecule has 0 saturated heterocycles. The highest BCUT2D eigenvalue weighted by Gasteiger charge is 2.06. The normalized spacial score (nSPS) is 10.2. The van der Waals surface area contributed by atoms with E-state index in [2.05, 4.69) is 5.10 Å². The number of hydrogen-bond acceptors (Lipinski definition) is 2. The molecular weight excluding hydrogens is 170 g/mol. The van der Waals surface area contributed by atoms with Gasteiger partial charge in [0.05, 0.1) is 17.2 Å². The van der Waals surface area contributed by atoms with Crippen LogP contribution in [0.1, 0.15) is 17.0 Å². The van der Waals surface area contributed by atoms with Crippen LogP contribution in [0.25, 0.3) is 0 Å². The third-order valence-electron chi connectivity index (χ3n) is 2.05. The van der Waals surface area contributed by atoms with E-state index >= 15 is 0 Å². The maximum atomic E-state index is 5.42. The van der Waals surface area contributed by atoms with Crippen LogP contribution in [0.5, 0.6) is 0 Å². The van der Waals surface area contributed by atoms with Gasteiger partial charge >= 0.3 is 0 Å². The van der Waals surface area contributed by atoms with Crippen LogP contribution in [-0.2, 0) is 6.54 Å². The molecule has 0 aliphatic rings. The minimum Gasteiger partial charge on any atom is -0.392 e. The molecule has 66 valence electrons. The van der Waals surface area contributed by atoms with E-state index in [9.17, 15) is 0 Å². The molecule has 4 heteroatoms. The van der Waals surface area contributed by atoms with Gasteiger partial charge in [-0.15, -0.1) is 0 Å². The zero-order valence-corrected chi connectivity index (χ0v) is 8.40. The van der Waals surface area contributed by atoms with Gasteiger partial charge in [-0.1, -0.05) is 12.2 Å². The van der Waals surface area contributed by atoms with Gasteiger partial charge in [-0.2, -0.15) is 5.10 Å². The van der Waals surface area contributed by atoms with E-state index in [1.807, 2.05) is 25.5 Å². The van der Waals surface area contributed by atoms with Crippen LogP contribution in [0, 0.1) is 20.8 Å². The van der Waals surface area contributed by atoms with Crippen molar-refractivity contribution < 1.29 is 0 Å². The van der Waals surface area contributed by atoms with Gasteiger partial charge in [-0.25, -0.2) is 0 Å². The quantitative estimate of drug-likeness (QED) is 0.698. The van der Waals surface area contributed by atoms with Gasteiger partial charge in [0, 0.05) is 5.69 Å². The van der Waals surface area contributed by atoms with E-state index in [1.54, 1.807) is 0 Å². The molecule has 0 spiro atoms. The molecule has 1 rings (SSSR count). The van der Waals surface area contributed by atoms with Crippen LogP contribution < -0.4 is 5.73 Å². The highest BCUT2D eigenvalue weighted by Crippen LogP contribution is 2.10. The third kappa shape index (κ3) is 1.64. The number of rotatable bonds is 2. The lowest BCUT2D eigenvalue weighted by Gasteiger charge is -2.01. The van der Waals surface area contributed by atoms with Crippen molar-refractivity contribution in [2.45, 2.75) is 27.3 Å². The number of aromatic nitrogens is 2. The van der Waals surface area contributed by atoms with Crippen LogP contribution in [-0.4, -0.2) is 14.8 Å². The van der Waals surface area contributed by atoms with Crippen LogP contribution in [0.2, 0.25) is 0 Å². The molecule has 0 atom stereocenters. The number of aryl methyl sites for hydroxylation is 1. The molecule has 0 unspecified atom stereocenters. The van der Waals surface area contributed by atoms with Crippen molar-refractivity contribution >= 4 is 17.2 Å². The van der Waals surface area contributed by atoms with Crippen molar-refractivity contribution in [2.24, 2.45) is 5.73 Å². The monoisotopic (exact) mass is 183 g/mol. The molecule has 3 nitrogen and oxygen atoms in total. The van der Waals surface area contributed by atoms with E-state index in [4.69, 9.17) is 18.0 Å². The smallest absolute Gasteiger partial charge is 0.0946 e. The molecule has 0 amide bonds. The molecule has 12 heavy (non-hydrogen) atoms. The van der Waals surface area contributed by atoms with Crippen LogP contribution in [0.4, 0.5) is 0 Å². The molecule has 2 N–H and O–H groups in total. The summed E-state index contributed by atoms with van der Waals surface area (Å²) in [5, 5.41) is 4.30. The third-order valence-corrected chi connectivity index (χ3v) is 2.18. The van der Waals surface area contributed by atoms with Crippen molar-refractivity contribution in [1.82, 2.24) is 9.78 Å². The second kappa shape index (κ2) is 3.23. The molecule has 0 aromatic carbocycles. The highest BCUT2D eigenvalue weighted by atomic mass is 32.1. The first kappa shape index (κ1) is 9.19. The summed E-state index contributed by atoms with van der Waals surface area (Å²) < 4.78 is 1.84. The number of nitrogens with zero attached hydrogens (tertiary/aromatic N) is 2. The Hall–Kier alpha value is -0.900. The Bertz CT molecular complexity index is 314. The molecule has 0 saturated carbocycles. The summed E-state index contributed by atoms with van der Waals surface area (Å²) in [5.41, 5.74) is 8.82. The Morgan fingerprint density at radius 3 is 2.42 bits per heavy atom. The van der Waals surface area contributed by atoms with E-state index in [0.29, 0.717) is 11.5 Å². The summed E-state index contributed by atoms with van der Waals surface area (Å²) in [5.74, 6) is 0. The molecule has 1 aromatic rings. The maximum Gasteiger partial charge on any atom is 0.0946 e. The second-order valence-electron chi connectivity index (χ2n) is 2.92. The van der Waals surface area contributed by atoms with Crippen molar-refractivity contribution in [3.8, 4) is 0 Å². The zero-order chi connectivity index (χ0) is 9.30. The van der Waals surface area contributed by atoms with E-state index in [1.165, 1.54) is 5.56 Å². The summed E-state index contributed by atoms with van der Waals surface area (Å²) in [7, 11) is 0. The van der Waals surface area contributed by atoms with Crippen LogP contribution in [0.3, 0.4) is 0 Å². The van der Waals surface area contributed by atoms with Gasteiger partial charge in [0.2, 0.25) is 0 Å². The minimum absolute atomic E-state index is 0.473. The Morgan fingerprint density at radius 1 is 1.50 bits per heavy atom. The molecular formula is C8H13N3S. The molecule has 0 radical (unpaired) electrons. The van der Waals surface area contributed by atoms with Gasteiger partial charge in [0.1, 0.15) is 0 Å².